The minimum absolute atomic E-state index is 0.285. The van der Waals surface area contributed by atoms with Crippen molar-refractivity contribution in [1.29, 1.82) is 0 Å². The third-order valence-corrected chi connectivity index (χ3v) is 4.45. The summed E-state index contributed by atoms with van der Waals surface area (Å²) in [6, 6.07) is 0.858. The van der Waals surface area contributed by atoms with Crippen LogP contribution in [0.2, 0.25) is 0 Å². The second-order valence-electron chi connectivity index (χ2n) is 6.50. The van der Waals surface area contributed by atoms with Gasteiger partial charge in [0, 0.05) is 37.5 Å². The van der Waals surface area contributed by atoms with E-state index in [1.807, 2.05) is 13.2 Å². The van der Waals surface area contributed by atoms with Crippen LogP contribution in [-0.2, 0) is 7.05 Å². The predicted molar refractivity (Wildman–Crippen MR) is 87.6 cm³/mol. The summed E-state index contributed by atoms with van der Waals surface area (Å²) in [6.07, 6.45) is 1.83. The van der Waals surface area contributed by atoms with Gasteiger partial charge in [0.1, 0.15) is 11.6 Å². The van der Waals surface area contributed by atoms with Crippen LogP contribution in [0.5, 0.6) is 0 Å². The van der Waals surface area contributed by atoms with Crippen molar-refractivity contribution in [3.05, 3.63) is 12.0 Å². The average molecular weight is 303 g/mol. The molecule has 1 aliphatic rings. The Hall–Kier alpha value is -1.73. The number of hydrazine groups is 1. The molecule has 2 unspecified atom stereocenters. The zero-order valence-corrected chi connectivity index (χ0v) is 13.9. The fourth-order valence-corrected chi connectivity index (χ4v) is 2.91. The Morgan fingerprint density at radius 3 is 2.55 bits per heavy atom. The minimum atomic E-state index is 0.285. The summed E-state index contributed by atoms with van der Waals surface area (Å²) in [5.74, 6) is 2.52. The normalized spacial score (nSPS) is 25.3. The molecule has 0 amide bonds. The van der Waals surface area contributed by atoms with E-state index in [0.717, 1.165) is 29.2 Å². The lowest BCUT2D eigenvalue weighted by Gasteiger charge is -2.19. The summed E-state index contributed by atoms with van der Waals surface area (Å²) < 4.78 is 1.80. The van der Waals surface area contributed by atoms with Crippen molar-refractivity contribution in [3.63, 3.8) is 0 Å². The van der Waals surface area contributed by atoms with Gasteiger partial charge in [0.05, 0.1) is 11.6 Å². The standard InChI is InChI=1S/C15H25N7/c1-8(2)13-18-14(12-7-17-22(5)15(12)19-13)16-6-11-9(3)20-21-10(11)4/h7-11,20-21H,6H2,1-5H3,(H,16,18,19). The minimum Gasteiger partial charge on any atom is -0.369 e. The van der Waals surface area contributed by atoms with E-state index in [2.05, 4.69) is 53.9 Å². The third kappa shape index (κ3) is 2.66. The van der Waals surface area contributed by atoms with Crippen molar-refractivity contribution in [2.45, 2.75) is 45.7 Å². The van der Waals surface area contributed by atoms with Gasteiger partial charge in [-0.15, -0.1) is 0 Å². The molecule has 3 rings (SSSR count). The number of nitrogens with one attached hydrogen (secondary N) is 3. The number of aryl methyl sites for hydroxylation is 1. The van der Waals surface area contributed by atoms with Gasteiger partial charge < -0.3 is 5.32 Å². The van der Waals surface area contributed by atoms with Gasteiger partial charge in [-0.05, 0) is 13.8 Å². The molecule has 120 valence electrons. The average Bonchev–Trinajstić information content (AvgIpc) is 3.01. The van der Waals surface area contributed by atoms with Gasteiger partial charge in [-0.25, -0.2) is 9.97 Å². The first-order valence-corrected chi connectivity index (χ1v) is 7.92. The number of nitrogens with zero attached hydrogens (tertiary/aromatic N) is 4. The monoisotopic (exact) mass is 303 g/mol. The molecule has 0 aliphatic carbocycles. The van der Waals surface area contributed by atoms with Crippen molar-refractivity contribution >= 4 is 16.9 Å². The Morgan fingerprint density at radius 1 is 1.23 bits per heavy atom. The highest BCUT2D eigenvalue weighted by Crippen LogP contribution is 2.24. The second-order valence-corrected chi connectivity index (χ2v) is 6.50. The maximum absolute atomic E-state index is 4.71. The van der Waals surface area contributed by atoms with E-state index >= 15 is 0 Å². The van der Waals surface area contributed by atoms with Crippen LogP contribution in [0.15, 0.2) is 6.20 Å². The molecule has 0 aromatic carbocycles. The number of anilines is 1. The lowest BCUT2D eigenvalue weighted by Crippen LogP contribution is -2.30. The lowest BCUT2D eigenvalue weighted by molar-refractivity contribution is 0.466. The van der Waals surface area contributed by atoms with Crippen LogP contribution >= 0.6 is 0 Å². The zero-order valence-electron chi connectivity index (χ0n) is 13.9. The number of rotatable bonds is 4. The molecule has 2 aromatic heterocycles. The van der Waals surface area contributed by atoms with Gasteiger partial charge in [0.25, 0.3) is 0 Å². The van der Waals surface area contributed by atoms with E-state index in [1.165, 1.54) is 0 Å². The molecular weight excluding hydrogens is 278 g/mol. The van der Waals surface area contributed by atoms with Crippen molar-refractivity contribution in [2.24, 2.45) is 13.0 Å². The van der Waals surface area contributed by atoms with Gasteiger partial charge in [-0.2, -0.15) is 5.10 Å². The highest BCUT2D eigenvalue weighted by molar-refractivity contribution is 5.86. The highest BCUT2D eigenvalue weighted by Gasteiger charge is 2.29. The van der Waals surface area contributed by atoms with Gasteiger partial charge in [-0.3, -0.25) is 15.5 Å². The Kier molecular flexibility index (Phi) is 4.01. The van der Waals surface area contributed by atoms with E-state index in [0.29, 0.717) is 18.0 Å². The molecule has 1 aliphatic heterocycles. The van der Waals surface area contributed by atoms with Crippen LogP contribution in [0.1, 0.15) is 39.4 Å². The van der Waals surface area contributed by atoms with Crippen molar-refractivity contribution in [3.8, 4) is 0 Å². The zero-order chi connectivity index (χ0) is 15.9. The Bertz CT molecular complexity index is 653. The van der Waals surface area contributed by atoms with E-state index in [9.17, 15) is 0 Å². The van der Waals surface area contributed by atoms with Crippen LogP contribution in [-0.4, -0.2) is 38.4 Å². The molecule has 3 N–H and O–H groups in total. The van der Waals surface area contributed by atoms with Gasteiger partial charge >= 0.3 is 0 Å². The quantitative estimate of drug-likeness (QED) is 0.792. The molecule has 0 bridgehead atoms. The molecule has 2 aromatic rings. The smallest absolute Gasteiger partial charge is 0.163 e. The fraction of sp³-hybridized carbons (Fsp3) is 0.667. The summed E-state index contributed by atoms with van der Waals surface area (Å²) >= 11 is 0. The van der Waals surface area contributed by atoms with E-state index in [1.54, 1.807) is 4.68 Å². The van der Waals surface area contributed by atoms with Crippen LogP contribution in [0.25, 0.3) is 11.0 Å². The molecule has 1 saturated heterocycles. The molecule has 1 fully saturated rings. The molecule has 7 nitrogen and oxygen atoms in total. The molecule has 2 atom stereocenters. The van der Waals surface area contributed by atoms with Gasteiger partial charge in [-0.1, -0.05) is 13.8 Å². The molecule has 0 saturated carbocycles. The number of hydrogen-bond donors (Lipinski definition) is 3. The van der Waals surface area contributed by atoms with E-state index in [-0.39, 0.29) is 5.92 Å². The van der Waals surface area contributed by atoms with Crippen LogP contribution in [0.4, 0.5) is 5.82 Å². The first-order chi connectivity index (χ1) is 10.5. The van der Waals surface area contributed by atoms with Gasteiger partial charge in [0.15, 0.2) is 5.65 Å². The maximum atomic E-state index is 4.71. The second kappa shape index (κ2) is 5.81. The van der Waals surface area contributed by atoms with E-state index < -0.39 is 0 Å². The SMILES string of the molecule is CC(C)c1nc(NCC2C(C)NNC2C)c2cnn(C)c2n1. The Morgan fingerprint density at radius 2 is 1.91 bits per heavy atom. The fourth-order valence-electron chi connectivity index (χ4n) is 2.91. The third-order valence-electron chi connectivity index (χ3n) is 4.45. The lowest BCUT2D eigenvalue weighted by atomic mass is 9.97. The molecule has 3 heterocycles. The topological polar surface area (TPSA) is 79.7 Å². The van der Waals surface area contributed by atoms with Crippen LogP contribution in [0.3, 0.4) is 0 Å². The summed E-state index contributed by atoms with van der Waals surface area (Å²) in [5, 5.41) is 8.81. The molecule has 7 heteroatoms. The predicted octanol–water partition coefficient (Wildman–Crippen LogP) is 1.40. The Balaban J connectivity index is 1.89. The summed E-state index contributed by atoms with van der Waals surface area (Å²) in [7, 11) is 1.91. The molecule has 22 heavy (non-hydrogen) atoms. The largest absolute Gasteiger partial charge is 0.369 e. The number of aromatic nitrogens is 4. The van der Waals surface area contributed by atoms with Gasteiger partial charge in [0.2, 0.25) is 0 Å². The Labute approximate surface area is 130 Å². The molecular formula is C15H25N7. The van der Waals surface area contributed by atoms with Crippen LogP contribution in [0, 0.1) is 5.92 Å². The summed E-state index contributed by atoms with van der Waals surface area (Å²) in [5.41, 5.74) is 7.45. The number of hydrogen-bond acceptors (Lipinski definition) is 6. The number of fused-ring (bicyclic) bond motifs is 1. The van der Waals surface area contributed by atoms with Crippen molar-refractivity contribution < 1.29 is 0 Å². The maximum Gasteiger partial charge on any atom is 0.163 e. The highest BCUT2D eigenvalue weighted by atomic mass is 15.4. The van der Waals surface area contributed by atoms with E-state index in [4.69, 9.17) is 4.98 Å². The van der Waals surface area contributed by atoms with Crippen molar-refractivity contribution in [1.82, 2.24) is 30.6 Å². The first-order valence-electron chi connectivity index (χ1n) is 7.92. The van der Waals surface area contributed by atoms with Crippen LogP contribution < -0.4 is 16.2 Å². The van der Waals surface area contributed by atoms with Crippen molar-refractivity contribution in [2.75, 3.05) is 11.9 Å². The molecule has 0 radical (unpaired) electrons. The summed E-state index contributed by atoms with van der Waals surface area (Å²) in [4.78, 5) is 9.34. The first kappa shape index (κ1) is 15.2. The molecule has 0 spiro atoms. The summed E-state index contributed by atoms with van der Waals surface area (Å²) in [6.45, 7) is 9.47.